The van der Waals surface area contributed by atoms with Gasteiger partial charge in [-0.25, -0.2) is 0 Å². The number of aliphatic hydroxyl groups is 1. The normalized spacial score (nSPS) is 17.8. The maximum absolute atomic E-state index is 10.9. The van der Waals surface area contributed by atoms with Crippen molar-refractivity contribution < 1.29 is 9.76 Å². The predicted octanol–water partition coefficient (Wildman–Crippen LogP) is 8.35. The Balaban J connectivity index is 1.71. The third kappa shape index (κ3) is 4.02. The van der Waals surface area contributed by atoms with Gasteiger partial charge in [0.25, 0.3) is 0 Å². The van der Waals surface area contributed by atoms with Gasteiger partial charge in [0.2, 0.25) is 0 Å². The van der Waals surface area contributed by atoms with Gasteiger partial charge in [-0.3, -0.25) is 0 Å². The van der Waals surface area contributed by atoms with E-state index in [1.54, 1.807) is 0 Å². The third-order valence-electron chi connectivity index (χ3n) is 10.1. The van der Waals surface area contributed by atoms with Crippen LogP contribution in [0.4, 0.5) is 5.69 Å². The highest BCUT2D eigenvalue weighted by molar-refractivity contribution is 6.69. The van der Waals surface area contributed by atoms with Gasteiger partial charge in [-0.1, -0.05) is 50.2 Å². The van der Waals surface area contributed by atoms with Crippen molar-refractivity contribution in [2.45, 2.75) is 92.3 Å². The summed E-state index contributed by atoms with van der Waals surface area (Å²) in [5.41, 5.74) is 3.26. The molecule has 0 atom stereocenters. The maximum atomic E-state index is 10.9. The summed E-state index contributed by atoms with van der Waals surface area (Å²) in [7, 11) is 0. The minimum Gasteiger partial charge on any atom is -0.426 e. The number of hydrogen-bond donors (Lipinski definition) is 2. The fourth-order valence-corrected chi connectivity index (χ4v) is 6.43. The van der Waals surface area contributed by atoms with Crippen molar-refractivity contribution in [1.82, 2.24) is 0 Å². The van der Waals surface area contributed by atoms with E-state index in [-0.39, 0.29) is 17.9 Å². The molecule has 4 heteroatoms. The van der Waals surface area contributed by atoms with Crippen molar-refractivity contribution in [3.8, 4) is 0 Å². The van der Waals surface area contributed by atoms with E-state index in [4.69, 9.17) is 4.65 Å². The zero-order valence-electron chi connectivity index (χ0n) is 25.3. The van der Waals surface area contributed by atoms with Crippen LogP contribution in [0.5, 0.6) is 0 Å². The van der Waals surface area contributed by atoms with Crippen LogP contribution in [-0.4, -0.2) is 28.8 Å². The highest BCUT2D eigenvalue weighted by Crippen LogP contribution is 2.47. The Morgan fingerprint density at radius 1 is 0.744 bits per heavy atom. The number of rotatable bonds is 4. The van der Waals surface area contributed by atoms with E-state index in [1.165, 1.54) is 59.7 Å². The molecule has 1 fully saturated rings. The van der Waals surface area contributed by atoms with E-state index in [2.05, 4.69) is 109 Å². The van der Waals surface area contributed by atoms with Gasteiger partial charge >= 0.3 is 6.92 Å². The van der Waals surface area contributed by atoms with Crippen LogP contribution in [-0.2, 0) is 4.65 Å². The van der Waals surface area contributed by atoms with Crippen LogP contribution in [0.2, 0.25) is 6.32 Å². The summed E-state index contributed by atoms with van der Waals surface area (Å²) in [6, 6.07) is 18.6. The Morgan fingerprint density at radius 2 is 1.26 bits per heavy atom. The second-order valence-corrected chi connectivity index (χ2v) is 14.4. The molecule has 1 aliphatic rings. The van der Waals surface area contributed by atoms with Crippen LogP contribution in [0.3, 0.4) is 0 Å². The Hall–Kier alpha value is -2.82. The molecule has 0 aromatic heterocycles. The molecule has 3 nitrogen and oxygen atoms in total. The molecule has 0 radical (unpaired) electrons. The first-order valence-electron chi connectivity index (χ1n) is 14.3. The fraction of sp³-hybridized carbons (Fsp3) is 0.429. The van der Waals surface area contributed by atoms with Crippen molar-refractivity contribution in [3.05, 3.63) is 59.7 Å². The van der Waals surface area contributed by atoms with Gasteiger partial charge in [-0.15, -0.1) is 0 Å². The fourth-order valence-electron chi connectivity index (χ4n) is 6.43. The van der Waals surface area contributed by atoms with E-state index in [0.717, 1.165) is 12.0 Å². The summed E-state index contributed by atoms with van der Waals surface area (Å²) in [4.78, 5) is 0. The molecule has 6 rings (SSSR count). The van der Waals surface area contributed by atoms with E-state index >= 15 is 0 Å². The average Bonchev–Trinajstić information content (AvgIpc) is 3.01. The monoisotopic (exact) mass is 519 g/mol. The second kappa shape index (κ2) is 8.11. The Labute approximate surface area is 233 Å². The molecule has 0 amide bonds. The molecule has 39 heavy (non-hydrogen) atoms. The van der Waals surface area contributed by atoms with E-state index < -0.39 is 11.1 Å². The summed E-state index contributed by atoms with van der Waals surface area (Å²) in [6.45, 7) is 21.4. The van der Waals surface area contributed by atoms with Gasteiger partial charge in [0.1, 0.15) is 0 Å². The quantitative estimate of drug-likeness (QED) is 0.142. The SMILES string of the molecule is Cc1cc2cc(C)cc3c4cc(B5CC(C)(C)C(C)(C)O5)cc5cc(NC(C)(C)C(C)(C)O)cc(c(c1)c23)c54. The second-order valence-electron chi connectivity index (χ2n) is 14.4. The van der Waals surface area contributed by atoms with E-state index in [9.17, 15) is 5.11 Å². The van der Waals surface area contributed by atoms with Crippen molar-refractivity contribution in [2.24, 2.45) is 5.41 Å². The molecule has 1 heterocycles. The zero-order valence-corrected chi connectivity index (χ0v) is 25.3. The van der Waals surface area contributed by atoms with Crippen LogP contribution in [0.25, 0.3) is 43.1 Å². The van der Waals surface area contributed by atoms with Crippen LogP contribution < -0.4 is 10.8 Å². The van der Waals surface area contributed by atoms with Crippen molar-refractivity contribution >= 4 is 61.2 Å². The lowest BCUT2D eigenvalue weighted by Gasteiger charge is -2.39. The summed E-state index contributed by atoms with van der Waals surface area (Å²) >= 11 is 0. The summed E-state index contributed by atoms with van der Waals surface area (Å²) < 4.78 is 6.74. The molecule has 5 aromatic rings. The number of benzene rings is 5. The number of anilines is 1. The molecular weight excluding hydrogens is 477 g/mol. The lowest BCUT2D eigenvalue weighted by molar-refractivity contribution is 0.0240. The minimum atomic E-state index is -0.901. The molecule has 0 aliphatic carbocycles. The molecule has 0 bridgehead atoms. The molecule has 0 saturated carbocycles. The Bertz CT molecular complexity index is 1750. The highest BCUT2D eigenvalue weighted by Gasteiger charge is 2.50. The Morgan fingerprint density at radius 3 is 1.77 bits per heavy atom. The van der Waals surface area contributed by atoms with Crippen LogP contribution in [0, 0.1) is 19.3 Å². The first kappa shape index (κ1) is 26.4. The number of nitrogens with one attached hydrogen (secondary N) is 1. The lowest BCUT2D eigenvalue weighted by atomic mass is 9.54. The van der Waals surface area contributed by atoms with Crippen molar-refractivity contribution in [3.63, 3.8) is 0 Å². The van der Waals surface area contributed by atoms with E-state index in [0.29, 0.717) is 0 Å². The van der Waals surface area contributed by atoms with Gasteiger partial charge in [-0.05, 0) is 139 Å². The maximum Gasteiger partial charge on any atom is 0.328 e. The molecule has 1 saturated heterocycles. The lowest BCUT2D eigenvalue weighted by Crippen LogP contribution is -2.51. The first-order chi connectivity index (χ1) is 18.0. The first-order valence-corrected chi connectivity index (χ1v) is 14.3. The molecule has 0 spiro atoms. The molecule has 202 valence electrons. The molecule has 5 aromatic carbocycles. The minimum absolute atomic E-state index is 0.0447. The number of aryl methyl sites for hydroxylation is 2. The summed E-state index contributed by atoms with van der Waals surface area (Å²) in [5.74, 6) is 0. The molecular formula is C35H42BNO2. The smallest absolute Gasteiger partial charge is 0.328 e. The van der Waals surface area contributed by atoms with Crippen molar-refractivity contribution in [1.29, 1.82) is 0 Å². The van der Waals surface area contributed by atoms with Gasteiger partial charge in [0, 0.05) is 5.69 Å². The standard InChI is InChI=1S/C35H42BNO2/c1-20-11-22-12-21(2)14-27-29-18-25(37-33(5,6)34(7,8)38)16-23-15-24(36-19-32(3,4)35(9,10)39-36)17-28(31(23)29)26(13-20)30(22)27/h11-18,37-38H,19H2,1-10H3. The van der Waals surface area contributed by atoms with Gasteiger partial charge in [0.05, 0.1) is 16.7 Å². The predicted molar refractivity (Wildman–Crippen MR) is 170 cm³/mol. The molecule has 2 N–H and O–H groups in total. The van der Waals surface area contributed by atoms with Crippen LogP contribution in [0.1, 0.15) is 66.5 Å². The molecule has 1 aliphatic heterocycles. The topological polar surface area (TPSA) is 41.5 Å². The van der Waals surface area contributed by atoms with Crippen LogP contribution in [0.15, 0.2) is 48.5 Å². The van der Waals surface area contributed by atoms with Gasteiger partial charge < -0.3 is 15.1 Å². The van der Waals surface area contributed by atoms with Gasteiger partial charge in [0.15, 0.2) is 0 Å². The summed E-state index contributed by atoms with van der Waals surface area (Å²) in [5, 5.41) is 24.9. The number of fused-ring (bicyclic) bond motifs is 2. The van der Waals surface area contributed by atoms with Crippen LogP contribution >= 0.6 is 0 Å². The third-order valence-corrected chi connectivity index (χ3v) is 10.1. The zero-order chi connectivity index (χ0) is 28.3. The average molecular weight is 520 g/mol. The Kier molecular flexibility index (Phi) is 5.49. The largest absolute Gasteiger partial charge is 0.426 e. The summed E-state index contributed by atoms with van der Waals surface area (Å²) in [6.07, 6.45) is 0.987. The molecule has 0 unspecified atom stereocenters. The van der Waals surface area contributed by atoms with Crippen molar-refractivity contribution in [2.75, 3.05) is 5.32 Å². The van der Waals surface area contributed by atoms with E-state index in [1.807, 2.05) is 13.8 Å². The highest BCUT2D eigenvalue weighted by atomic mass is 16.5. The number of hydrogen-bond acceptors (Lipinski definition) is 3. The van der Waals surface area contributed by atoms with Gasteiger partial charge in [-0.2, -0.15) is 0 Å².